The summed E-state index contributed by atoms with van der Waals surface area (Å²) in [6.07, 6.45) is 4.22. The first-order valence-corrected chi connectivity index (χ1v) is 8.88. The molecule has 0 radical (unpaired) electrons. The lowest BCUT2D eigenvalue weighted by Gasteiger charge is -2.11. The zero-order valence-electron chi connectivity index (χ0n) is 13.8. The van der Waals surface area contributed by atoms with Crippen molar-refractivity contribution in [1.29, 1.82) is 0 Å². The van der Waals surface area contributed by atoms with E-state index in [0.717, 1.165) is 29.7 Å². The van der Waals surface area contributed by atoms with Gasteiger partial charge in [-0.1, -0.05) is 30.0 Å². The Morgan fingerprint density at radius 1 is 1.08 bits per heavy atom. The molecule has 0 fully saturated rings. The fourth-order valence-electron chi connectivity index (χ4n) is 2.54. The highest BCUT2D eigenvalue weighted by molar-refractivity contribution is 8.13. The van der Waals surface area contributed by atoms with Crippen LogP contribution in [0.4, 0.5) is 0 Å². The number of aromatic hydroxyl groups is 2. The van der Waals surface area contributed by atoms with E-state index in [-0.39, 0.29) is 16.6 Å². The van der Waals surface area contributed by atoms with Crippen LogP contribution in [0.15, 0.2) is 49.1 Å². The van der Waals surface area contributed by atoms with E-state index in [4.69, 9.17) is 0 Å². The molecule has 0 aliphatic carbocycles. The number of carbonyl (C=O) groups is 1. The number of hydrogen-bond acceptors (Lipinski definition) is 4. The molecule has 0 saturated heterocycles. The zero-order chi connectivity index (χ0) is 17.5. The molecule has 2 rings (SSSR count). The van der Waals surface area contributed by atoms with E-state index in [9.17, 15) is 15.0 Å². The molecule has 3 nitrogen and oxygen atoms in total. The molecule has 0 bridgehead atoms. The maximum atomic E-state index is 11.0. The van der Waals surface area contributed by atoms with Crippen molar-refractivity contribution in [1.82, 2.24) is 0 Å². The molecule has 0 saturated carbocycles. The van der Waals surface area contributed by atoms with E-state index in [1.54, 1.807) is 25.1 Å². The van der Waals surface area contributed by atoms with Crippen molar-refractivity contribution in [2.45, 2.75) is 26.2 Å². The van der Waals surface area contributed by atoms with Crippen LogP contribution in [-0.4, -0.2) is 21.1 Å². The highest BCUT2D eigenvalue weighted by atomic mass is 32.2. The van der Waals surface area contributed by atoms with E-state index in [1.165, 1.54) is 11.8 Å². The summed E-state index contributed by atoms with van der Waals surface area (Å²) in [5.41, 5.74) is 3.34. The maximum Gasteiger partial charge on any atom is 0.185 e. The Bertz CT molecular complexity index is 738. The van der Waals surface area contributed by atoms with Crippen molar-refractivity contribution in [3.8, 4) is 22.6 Å². The quantitative estimate of drug-likeness (QED) is 0.565. The molecule has 2 aromatic carbocycles. The third-order valence-electron chi connectivity index (χ3n) is 3.71. The Morgan fingerprint density at radius 2 is 1.67 bits per heavy atom. The Hall–Kier alpha value is -2.20. The lowest BCUT2D eigenvalue weighted by molar-refractivity contribution is -0.109. The average molecular weight is 342 g/mol. The minimum atomic E-state index is 0.130. The number of aryl methyl sites for hydroxylation is 1. The van der Waals surface area contributed by atoms with Crippen LogP contribution in [0.1, 0.15) is 24.5 Å². The third kappa shape index (κ3) is 4.90. The second-order valence-corrected chi connectivity index (χ2v) is 6.91. The summed E-state index contributed by atoms with van der Waals surface area (Å²) < 4.78 is 0. The largest absolute Gasteiger partial charge is 0.507 e. The minimum Gasteiger partial charge on any atom is -0.507 e. The van der Waals surface area contributed by atoms with Gasteiger partial charge in [0.2, 0.25) is 0 Å². The molecule has 0 aliphatic rings. The van der Waals surface area contributed by atoms with Crippen LogP contribution >= 0.6 is 11.8 Å². The Labute approximate surface area is 147 Å². The van der Waals surface area contributed by atoms with Crippen LogP contribution in [0.25, 0.3) is 11.1 Å². The van der Waals surface area contributed by atoms with Crippen molar-refractivity contribution in [2.75, 3.05) is 5.75 Å². The molecule has 0 spiro atoms. The normalized spacial score (nSPS) is 10.5. The second-order valence-electron chi connectivity index (χ2n) is 5.64. The number of rotatable bonds is 7. The van der Waals surface area contributed by atoms with Crippen molar-refractivity contribution < 1.29 is 15.0 Å². The van der Waals surface area contributed by atoms with Crippen LogP contribution in [0, 0.1) is 0 Å². The van der Waals surface area contributed by atoms with E-state index >= 15 is 0 Å². The zero-order valence-corrected chi connectivity index (χ0v) is 14.6. The molecule has 0 amide bonds. The van der Waals surface area contributed by atoms with Crippen molar-refractivity contribution in [2.24, 2.45) is 0 Å². The van der Waals surface area contributed by atoms with Crippen LogP contribution < -0.4 is 0 Å². The van der Waals surface area contributed by atoms with Crippen LogP contribution in [0.5, 0.6) is 11.5 Å². The number of phenolic OH excluding ortho intramolecular Hbond substituents is 2. The number of hydrogen-bond donors (Lipinski definition) is 2. The summed E-state index contributed by atoms with van der Waals surface area (Å²) in [5, 5.41) is 20.5. The van der Waals surface area contributed by atoms with Crippen LogP contribution in [-0.2, 0) is 17.6 Å². The first-order valence-electron chi connectivity index (χ1n) is 7.89. The lowest BCUT2D eigenvalue weighted by atomic mass is 9.97. The van der Waals surface area contributed by atoms with Gasteiger partial charge in [-0.25, -0.2) is 0 Å². The van der Waals surface area contributed by atoms with Gasteiger partial charge >= 0.3 is 0 Å². The predicted molar refractivity (Wildman–Crippen MR) is 101 cm³/mol. The standard InChI is InChI=1S/C20H22O3S/c1-3-5-15-7-9-19(22)17(12-15)18-13-16(8-10-20(18)23)6-4-11-24-14(2)21/h3,7-10,12-13,22-23H,1,4-6,11H2,2H3. The maximum absolute atomic E-state index is 11.0. The Balaban J connectivity index is 2.23. The topological polar surface area (TPSA) is 57.5 Å². The smallest absolute Gasteiger partial charge is 0.185 e. The number of benzene rings is 2. The summed E-state index contributed by atoms with van der Waals surface area (Å²) in [5.74, 6) is 1.07. The van der Waals surface area contributed by atoms with E-state index in [2.05, 4.69) is 6.58 Å². The minimum absolute atomic E-state index is 0.130. The highest BCUT2D eigenvalue weighted by Crippen LogP contribution is 2.36. The predicted octanol–water partition coefficient (Wildman–Crippen LogP) is 4.71. The lowest BCUT2D eigenvalue weighted by Crippen LogP contribution is -1.92. The molecule has 0 aromatic heterocycles. The Morgan fingerprint density at radius 3 is 2.25 bits per heavy atom. The van der Waals surface area contributed by atoms with Gasteiger partial charge in [-0.15, -0.1) is 6.58 Å². The number of thioether (sulfide) groups is 1. The van der Waals surface area contributed by atoms with Gasteiger partial charge in [0.25, 0.3) is 0 Å². The van der Waals surface area contributed by atoms with E-state index in [0.29, 0.717) is 17.5 Å². The molecule has 0 unspecified atom stereocenters. The molecule has 0 heterocycles. The molecule has 2 aromatic rings. The molecule has 4 heteroatoms. The summed E-state index contributed by atoms with van der Waals surface area (Å²) in [7, 11) is 0. The Kier molecular flexibility index (Phi) is 6.50. The van der Waals surface area contributed by atoms with Crippen LogP contribution in [0.2, 0.25) is 0 Å². The summed E-state index contributed by atoms with van der Waals surface area (Å²) in [4.78, 5) is 11.0. The number of phenols is 2. The molecular weight excluding hydrogens is 320 g/mol. The van der Waals surface area contributed by atoms with Gasteiger partial charge in [0.1, 0.15) is 11.5 Å². The fraction of sp³-hybridized carbons (Fsp3) is 0.250. The molecule has 126 valence electrons. The van der Waals surface area contributed by atoms with Gasteiger partial charge in [-0.05, 0) is 54.7 Å². The van der Waals surface area contributed by atoms with Gasteiger partial charge in [-0.3, -0.25) is 4.79 Å². The first kappa shape index (κ1) is 18.1. The second kappa shape index (κ2) is 8.60. The summed E-state index contributed by atoms with van der Waals surface area (Å²) >= 11 is 1.33. The highest BCUT2D eigenvalue weighted by Gasteiger charge is 2.11. The third-order valence-corrected chi connectivity index (χ3v) is 4.61. The van der Waals surface area contributed by atoms with E-state index in [1.807, 2.05) is 24.3 Å². The number of carbonyl (C=O) groups excluding carboxylic acids is 1. The SMILES string of the molecule is C=CCc1ccc(O)c(-c2cc(CCCSC(C)=O)ccc2O)c1. The molecule has 0 aliphatic heterocycles. The summed E-state index contributed by atoms with van der Waals surface area (Å²) in [6, 6.07) is 10.8. The monoisotopic (exact) mass is 342 g/mol. The first-order chi connectivity index (χ1) is 11.5. The van der Waals surface area contributed by atoms with Crippen molar-refractivity contribution in [3.05, 3.63) is 60.2 Å². The molecule has 0 atom stereocenters. The van der Waals surface area contributed by atoms with Gasteiger partial charge in [0, 0.05) is 23.8 Å². The summed E-state index contributed by atoms with van der Waals surface area (Å²) in [6.45, 7) is 5.30. The average Bonchev–Trinajstić information content (AvgIpc) is 2.55. The molecular formula is C20H22O3S. The van der Waals surface area contributed by atoms with Gasteiger partial charge in [-0.2, -0.15) is 0 Å². The van der Waals surface area contributed by atoms with Gasteiger partial charge in [0.15, 0.2) is 5.12 Å². The fourth-order valence-corrected chi connectivity index (χ4v) is 3.12. The van der Waals surface area contributed by atoms with Gasteiger partial charge < -0.3 is 10.2 Å². The van der Waals surface area contributed by atoms with Crippen LogP contribution in [0.3, 0.4) is 0 Å². The molecule has 24 heavy (non-hydrogen) atoms. The van der Waals surface area contributed by atoms with Crippen molar-refractivity contribution in [3.63, 3.8) is 0 Å². The molecule has 2 N–H and O–H groups in total. The van der Waals surface area contributed by atoms with E-state index < -0.39 is 0 Å². The van der Waals surface area contributed by atoms with Gasteiger partial charge in [0.05, 0.1) is 0 Å². The van der Waals surface area contributed by atoms with Crippen molar-refractivity contribution >= 4 is 16.9 Å². The number of allylic oxidation sites excluding steroid dienone is 1.